The van der Waals surface area contributed by atoms with Gasteiger partial charge in [0, 0.05) is 17.7 Å². The van der Waals surface area contributed by atoms with Crippen LogP contribution in [0, 0.1) is 0 Å². The number of carbonyl (C=O) groups is 1. The van der Waals surface area contributed by atoms with E-state index in [1.807, 2.05) is 42.5 Å². The van der Waals surface area contributed by atoms with Crippen LogP contribution >= 0.6 is 11.8 Å². The number of hydrogen-bond donors (Lipinski definition) is 0. The number of carbonyl (C=O) groups excluding carboxylic acids is 1. The van der Waals surface area contributed by atoms with Gasteiger partial charge in [0.15, 0.2) is 11.0 Å². The Kier molecular flexibility index (Phi) is 8.72. The van der Waals surface area contributed by atoms with E-state index in [0.29, 0.717) is 34.8 Å². The first-order valence-corrected chi connectivity index (χ1v) is 14.2. The Balaban J connectivity index is 1.29. The average Bonchev–Trinajstić information content (AvgIpc) is 3.47. The number of anilines is 1. The summed E-state index contributed by atoms with van der Waals surface area (Å²) in [6, 6.07) is 20.6. The van der Waals surface area contributed by atoms with Gasteiger partial charge in [0.25, 0.3) is 0 Å². The van der Waals surface area contributed by atoms with Crippen molar-refractivity contribution in [3.05, 3.63) is 90.3 Å². The second kappa shape index (κ2) is 12.6. The summed E-state index contributed by atoms with van der Waals surface area (Å²) in [5.41, 5.74) is 4.02. The highest BCUT2D eigenvalue weighted by molar-refractivity contribution is 8.14. The molecule has 216 valence electrons. The lowest BCUT2D eigenvalue weighted by Gasteiger charge is -2.30. The quantitative estimate of drug-likeness (QED) is 0.160. The predicted molar refractivity (Wildman–Crippen MR) is 158 cm³/mol. The van der Waals surface area contributed by atoms with Crippen LogP contribution in [0.15, 0.2) is 89.3 Å². The van der Waals surface area contributed by atoms with Gasteiger partial charge in [-0.05, 0) is 53.8 Å². The van der Waals surface area contributed by atoms with Crippen LogP contribution in [0.2, 0.25) is 0 Å². The third kappa shape index (κ3) is 6.88. The van der Waals surface area contributed by atoms with Gasteiger partial charge in [-0.1, -0.05) is 68.1 Å². The first kappa shape index (κ1) is 29.1. The van der Waals surface area contributed by atoms with E-state index >= 15 is 0 Å². The van der Waals surface area contributed by atoms with Crippen LogP contribution in [0.5, 0.6) is 5.75 Å². The Hall–Kier alpha value is -4.45. The molecule has 3 aromatic carbocycles. The van der Waals surface area contributed by atoms with Gasteiger partial charge in [0.2, 0.25) is 5.91 Å². The van der Waals surface area contributed by atoms with Gasteiger partial charge >= 0.3 is 6.36 Å². The molecular weight excluding hydrogens is 565 g/mol. The van der Waals surface area contributed by atoms with E-state index in [9.17, 15) is 18.0 Å². The van der Waals surface area contributed by atoms with Gasteiger partial charge in [0.1, 0.15) is 12.1 Å². The molecule has 0 N–H and O–H groups in total. The van der Waals surface area contributed by atoms with E-state index in [4.69, 9.17) is 0 Å². The van der Waals surface area contributed by atoms with Crippen molar-refractivity contribution in [3.63, 3.8) is 0 Å². The molecule has 1 aliphatic rings. The first-order valence-electron chi connectivity index (χ1n) is 13.3. The van der Waals surface area contributed by atoms with Crippen molar-refractivity contribution in [2.24, 2.45) is 10.2 Å². The van der Waals surface area contributed by atoms with Crippen molar-refractivity contribution in [3.8, 4) is 22.8 Å². The Labute approximate surface area is 244 Å². The number of aromatic nitrogens is 3. The minimum atomic E-state index is -4.75. The van der Waals surface area contributed by atoms with Gasteiger partial charge in [-0.15, -0.1) is 23.4 Å². The number of nitrogens with zero attached hydrogens (tertiary/aromatic N) is 6. The largest absolute Gasteiger partial charge is 0.573 e. The van der Waals surface area contributed by atoms with Crippen LogP contribution in [0.4, 0.5) is 18.9 Å². The fourth-order valence-electron chi connectivity index (χ4n) is 4.33. The van der Waals surface area contributed by atoms with Crippen molar-refractivity contribution in [1.82, 2.24) is 14.8 Å². The first-order chi connectivity index (χ1) is 20.2. The summed E-state index contributed by atoms with van der Waals surface area (Å²) in [5.74, 6) is 1.08. The zero-order chi connectivity index (χ0) is 29.7. The zero-order valence-corrected chi connectivity index (χ0v) is 23.6. The number of amides is 1. The van der Waals surface area contributed by atoms with Crippen LogP contribution < -0.4 is 9.64 Å². The number of halogens is 3. The molecule has 1 fully saturated rings. The summed E-state index contributed by atoms with van der Waals surface area (Å²) in [5, 5.41) is 13.7. The van der Waals surface area contributed by atoms with E-state index < -0.39 is 6.36 Å². The monoisotopic (exact) mass is 592 g/mol. The van der Waals surface area contributed by atoms with Crippen LogP contribution in [-0.2, 0) is 4.79 Å². The number of alkyl halides is 3. The maximum Gasteiger partial charge on any atom is 0.573 e. The Bertz CT molecular complexity index is 1600. The van der Waals surface area contributed by atoms with E-state index in [1.54, 1.807) is 11.1 Å². The highest BCUT2D eigenvalue weighted by atomic mass is 32.2. The molecule has 0 saturated carbocycles. The molecule has 1 aliphatic heterocycles. The lowest BCUT2D eigenvalue weighted by molar-refractivity contribution is -0.274. The normalized spacial score (nSPS) is 15.9. The molecule has 1 unspecified atom stereocenters. The second-order valence-electron chi connectivity index (χ2n) is 9.50. The fraction of sp³-hybridized carbons (Fsp3) is 0.233. The van der Waals surface area contributed by atoms with Gasteiger partial charge in [-0.3, -0.25) is 9.69 Å². The highest BCUT2D eigenvalue weighted by Crippen LogP contribution is 2.34. The Morgan fingerprint density at radius 2 is 1.81 bits per heavy atom. The van der Waals surface area contributed by atoms with E-state index in [1.165, 1.54) is 47.0 Å². The number of ether oxygens (including phenoxy) is 1. The molecule has 8 nitrogen and oxygen atoms in total. The summed E-state index contributed by atoms with van der Waals surface area (Å²) < 4.78 is 42.6. The topological polar surface area (TPSA) is 85.0 Å². The highest BCUT2D eigenvalue weighted by Gasteiger charge is 2.31. The molecule has 2 heterocycles. The second-order valence-corrected chi connectivity index (χ2v) is 10.6. The van der Waals surface area contributed by atoms with Crippen molar-refractivity contribution >= 4 is 34.7 Å². The maximum atomic E-state index is 13.0. The fourth-order valence-corrected chi connectivity index (χ4v) is 5.23. The number of para-hydroxylation sites is 1. The predicted octanol–water partition coefficient (Wildman–Crippen LogP) is 7.21. The summed E-state index contributed by atoms with van der Waals surface area (Å²) in [6.45, 7) is 4.27. The van der Waals surface area contributed by atoms with Crippen LogP contribution in [0.25, 0.3) is 17.1 Å². The van der Waals surface area contributed by atoms with Crippen molar-refractivity contribution in [1.29, 1.82) is 0 Å². The minimum Gasteiger partial charge on any atom is -0.406 e. The number of benzene rings is 3. The molecule has 4 aromatic rings. The van der Waals surface area contributed by atoms with Crippen molar-refractivity contribution in [2.75, 3.05) is 10.7 Å². The SMILES string of the molecule is CCC(C)c1ccccc1N1C(=O)CCS/C1=N\N=C\c1ccc(-c2ncn(-c3ccc(OC(F)(F)F)cc3)n2)cc1. The summed E-state index contributed by atoms with van der Waals surface area (Å²) in [6.07, 6.45) is -0.262. The summed E-state index contributed by atoms with van der Waals surface area (Å²) >= 11 is 1.50. The van der Waals surface area contributed by atoms with Gasteiger partial charge in [0.05, 0.1) is 17.6 Å². The molecule has 0 aliphatic carbocycles. The summed E-state index contributed by atoms with van der Waals surface area (Å²) in [7, 11) is 0. The zero-order valence-electron chi connectivity index (χ0n) is 22.8. The lowest BCUT2D eigenvalue weighted by Crippen LogP contribution is -2.39. The third-order valence-electron chi connectivity index (χ3n) is 6.65. The molecule has 0 radical (unpaired) electrons. The van der Waals surface area contributed by atoms with Crippen molar-refractivity contribution < 1.29 is 22.7 Å². The van der Waals surface area contributed by atoms with Gasteiger partial charge in [-0.2, -0.15) is 5.10 Å². The lowest BCUT2D eigenvalue weighted by atomic mass is 9.96. The van der Waals surface area contributed by atoms with E-state index in [-0.39, 0.29) is 11.7 Å². The molecule has 5 rings (SSSR count). The van der Waals surface area contributed by atoms with E-state index in [0.717, 1.165) is 28.8 Å². The maximum absolute atomic E-state index is 13.0. The number of thioether (sulfide) groups is 1. The molecular formula is C30H27F3N6O2S. The van der Waals surface area contributed by atoms with Crippen LogP contribution in [0.1, 0.15) is 43.7 Å². The molecule has 1 aromatic heterocycles. The van der Waals surface area contributed by atoms with Gasteiger partial charge in [-0.25, -0.2) is 9.67 Å². The third-order valence-corrected chi connectivity index (χ3v) is 7.59. The minimum absolute atomic E-state index is 0.000303. The molecule has 1 saturated heterocycles. The molecule has 1 atom stereocenters. The molecule has 12 heteroatoms. The van der Waals surface area contributed by atoms with Gasteiger partial charge < -0.3 is 4.74 Å². The number of hydrogen-bond acceptors (Lipinski definition) is 7. The average molecular weight is 593 g/mol. The van der Waals surface area contributed by atoms with Crippen LogP contribution in [0.3, 0.4) is 0 Å². The van der Waals surface area contributed by atoms with Crippen LogP contribution in [-0.4, -0.2) is 44.2 Å². The molecule has 0 bridgehead atoms. The standard InChI is InChI=1S/C30H27F3N6O2S/c1-3-20(2)25-6-4-5-7-26(25)39-27(40)16-17-42-29(39)36-35-18-21-8-10-22(11-9-21)28-34-19-38(37-28)23-12-14-24(15-13-23)41-30(31,32)33/h4-15,18-20H,3,16-17H2,1-2H3/b35-18+,36-29-. The smallest absolute Gasteiger partial charge is 0.406 e. The molecule has 42 heavy (non-hydrogen) atoms. The molecule has 0 spiro atoms. The number of rotatable bonds is 8. The number of amidine groups is 1. The Morgan fingerprint density at radius 1 is 1.07 bits per heavy atom. The van der Waals surface area contributed by atoms with E-state index in [2.05, 4.69) is 44.9 Å². The molecule has 1 amide bonds. The Morgan fingerprint density at radius 3 is 2.52 bits per heavy atom. The van der Waals surface area contributed by atoms with Crippen molar-refractivity contribution in [2.45, 2.75) is 39.0 Å². The summed E-state index contributed by atoms with van der Waals surface area (Å²) in [4.78, 5) is 18.9.